The highest BCUT2D eigenvalue weighted by molar-refractivity contribution is 9.10. The van der Waals surface area contributed by atoms with Crippen molar-refractivity contribution in [3.8, 4) is 0 Å². The summed E-state index contributed by atoms with van der Waals surface area (Å²) < 4.78 is 1.08. The molecule has 2 aromatic rings. The second-order valence-electron chi connectivity index (χ2n) is 5.85. The van der Waals surface area contributed by atoms with E-state index in [2.05, 4.69) is 57.8 Å². The summed E-state index contributed by atoms with van der Waals surface area (Å²) in [6.07, 6.45) is 2.23. The quantitative estimate of drug-likeness (QED) is 0.817. The largest absolute Gasteiger partial charge is 0.335 e. The summed E-state index contributed by atoms with van der Waals surface area (Å²) in [5, 5.41) is 5.96. The zero-order valence-electron chi connectivity index (χ0n) is 12.5. The predicted molar refractivity (Wildman–Crippen MR) is 93.1 cm³/mol. The third-order valence-electron chi connectivity index (χ3n) is 4.42. The molecule has 0 aromatic heterocycles. The van der Waals surface area contributed by atoms with Gasteiger partial charge in [-0.3, -0.25) is 0 Å². The minimum absolute atomic E-state index is 0.0781. The van der Waals surface area contributed by atoms with E-state index in [1.165, 1.54) is 5.56 Å². The van der Waals surface area contributed by atoms with Gasteiger partial charge in [0.2, 0.25) is 0 Å². The van der Waals surface area contributed by atoms with Crippen LogP contribution in [0.3, 0.4) is 0 Å². The highest BCUT2D eigenvalue weighted by atomic mass is 79.9. The SMILES string of the molecule is CC(NC(=O)Nc1ccccc1)C1(c2ccc(Br)cc2)CC1. The molecule has 3 rings (SSSR count). The first kappa shape index (κ1) is 15.1. The Balaban J connectivity index is 1.65. The van der Waals surface area contributed by atoms with Crippen LogP contribution in [0.15, 0.2) is 59.1 Å². The van der Waals surface area contributed by atoms with Crippen molar-refractivity contribution < 1.29 is 4.79 Å². The topological polar surface area (TPSA) is 41.1 Å². The Labute approximate surface area is 139 Å². The molecule has 0 bridgehead atoms. The average Bonchev–Trinajstić information content (AvgIpc) is 3.30. The van der Waals surface area contributed by atoms with Crippen molar-refractivity contribution in [3.05, 3.63) is 64.6 Å². The number of hydrogen-bond acceptors (Lipinski definition) is 1. The minimum atomic E-state index is -0.151. The predicted octanol–water partition coefficient (Wildman–Crippen LogP) is 4.69. The minimum Gasteiger partial charge on any atom is -0.335 e. The van der Waals surface area contributed by atoms with E-state index in [9.17, 15) is 4.79 Å². The van der Waals surface area contributed by atoms with Crippen molar-refractivity contribution in [1.82, 2.24) is 5.32 Å². The van der Waals surface area contributed by atoms with Crippen molar-refractivity contribution in [2.45, 2.75) is 31.2 Å². The van der Waals surface area contributed by atoms with Crippen LogP contribution in [-0.4, -0.2) is 12.1 Å². The van der Waals surface area contributed by atoms with Gasteiger partial charge in [-0.2, -0.15) is 0 Å². The summed E-state index contributed by atoms with van der Waals surface area (Å²) in [6, 6.07) is 17.9. The molecule has 1 fully saturated rings. The van der Waals surface area contributed by atoms with Gasteiger partial charge in [-0.05, 0) is 49.6 Å². The van der Waals surface area contributed by atoms with Crippen LogP contribution in [0.5, 0.6) is 0 Å². The molecule has 1 unspecified atom stereocenters. The molecule has 0 spiro atoms. The van der Waals surface area contributed by atoms with E-state index in [0.29, 0.717) is 0 Å². The van der Waals surface area contributed by atoms with Gasteiger partial charge >= 0.3 is 6.03 Å². The molecular formula is C18H19BrN2O. The molecule has 4 heteroatoms. The lowest BCUT2D eigenvalue weighted by Gasteiger charge is -2.25. The van der Waals surface area contributed by atoms with Crippen LogP contribution in [0.1, 0.15) is 25.3 Å². The highest BCUT2D eigenvalue weighted by Crippen LogP contribution is 2.51. The maximum absolute atomic E-state index is 12.2. The Morgan fingerprint density at radius 2 is 1.73 bits per heavy atom. The first-order valence-corrected chi connectivity index (χ1v) is 8.28. The summed E-state index contributed by atoms with van der Waals surface area (Å²) in [5.74, 6) is 0. The molecule has 0 saturated heterocycles. The third-order valence-corrected chi connectivity index (χ3v) is 4.94. The second kappa shape index (κ2) is 6.13. The summed E-state index contributed by atoms with van der Waals surface area (Å²) in [7, 11) is 0. The van der Waals surface area contributed by atoms with Gasteiger partial charge in [-0.25, -0.2) is 4.79 Å². The van der Waals surface area contributed by atoms with E-state index in [0.717, 1.165) is 23.0 Å². The van der Waals surface area contributed by atoms with Crippen molar-refractivity contribution in [1.29, 1.82) is 0 Å². The summed E-state index contributed by atoms with van der Waals surface area (Å²) in [5.41, 5.74) is 2.18. The fourth-order valence-corrected chi connectivity index (χ4v) is 3.18. The average molecular weight is 359 g/mol. The molecule has 2 N–H and O–H groups in total. The zero-order valence-corrected chi connectivity index (χ0v) is 14.1. The Morgan fingerprint density at radius 1 is 1.09 bits per heavy atom. The normalized spacial score (nSPS) is 16.6. The van der Waals surface area contributed by atoms with E-state index in [1.54, 1.807) is 0 Å². The fraction of sp³-hybridized carbons (Fsp3) is 0.278. The van der Waals surface area contributed by atoms with E-state index in [-0.39, 0.29) is 17.5 Å². The van der Waals surface area contributed by atoms with E-state index < -0.39 is 0 Å². The molecule has 0 radical (unpaired) electrons. The monoisotopic (exact) mass is 358 g/mol. The molecule has 0 aliphatic heterocycles. The Hall–Kier alpha value is -1.81. The Kier molecular flexibility index (Phi) is 4.21. The van der Waals surface area contributed by atoms with Crippen molar-refractivity contribution >= 4 is 27.6 Å². The first-order chi connectivity index (χ1) is 10.6. The number of anilines is 1. The Morgan fingerprint density at radius 3 is 2.32 bits per heavy atom. The van der Waals surface area contributed by atoms with E-state index in [1.807, 2.05) is 30.3 Å². The zero-order chi connectivity index (χ0) is 15.6. The number of para-hydroxylation sites is 1. The van der Waals surface area contributed by atoms with Crippen LogP contribution in [0, 0.1) is 0 Å². The smallest absolute Gasteiger partial charge is 0.319 e. The van der Waals surface area contributed by atoms with Gasteiger partial charge < -0.3 is 10.6 Å². The van der Waals surface area contributed by atoms with Crippen LogP contribution >= 0.6 is 15.9 Å². The van der Waals surface area contributed by atoms with Crippen molar-refractivity contribution in [2.24, 2.45) is 0 Å². The molecule has 1 saturated carbocycles. The number of halogens is 1. The molecule has 2 amide bonds. The number of amides is 2. The van der Waals surface area contributed by atoms with Gasteiger partial charge in [0.1, 0.15) is 0 Å². The molecule has 1 aliphatic carbocycles. The number of nitrogens with one attached hydrogen (secondary N) is 2. The van der Waals surface area contributed by atoms with E-state index >= 15 is 0 Å². The molecule has 1 atom stereocenters. The van der Waals surface area contributed by atoms with E-state index in [4.69, 9.17) is 0 Å². The van der Waals surface area contributed by atoms with Crippen LogP contribution < -0.4 is 10.6 Å². The number of hydrogen-bond donors (Lipinski definition) is 2. The van der Waals surface area contributed by atoms with Crippen LogP contribution in [0.25, 0.3) is 0 Å². The summed E-state index contributed by atoms with van der Waals surface area (Å²) in [6.45, 7) is 2.08. The van der Waals surface area contributed by atoms with Crippen LogP contribution in [0.4, 0.5) is 10.5 Å². The number of carbonyl (C=O) groups excluding carboxylic acids is 1. The fourth-order valence-electron chi connectivity index (χ4n) is 2.91. The van der Waals surface area contributed by atoms with Gasteiger partial charge in [0.05, 0.1) is 0 Å². The molecule has 2 aromatic carbocycles. The number of urea groups is 1. The van der Waals surface area contributed by atoms with Gasteiger partial charge in [0.15, 0.2) is 0 Å². The molecule has 3 nitrogen and oxygen atoms in total. The second-order valence-corrected chi connectivity index (χ2v) is 6.76. The lowest BCUT2D eigenvalue weighted by molar-refractivity contribution is 0.246. The molecule has 22 heavy (non-hydrogen) atoms. The molecular weight excluding hydrogens is 340 g/mol. The molecule has 0 heterocycles. The maximum atomic E-state index is 12.2. The molecule has 1 aliphatic rings. The number of benzene rings is 2. The Bertz CT molecular complexity index is 651. The van der Waals surface area contributed by atoms with Gasteiger partial charge in [-0.15, -0.1) is 0 Å². The van der Waals surface area contributed by atoms with Gasteiger partial charge in [0.25, 0.3) is 0 Å². The van der Waals surface area contributed by atoms with Crippen molar-refractivity contribution in [2.75, 3.05) is 5.32 Å². The maximum Gasteiger partial charge on any atom is 0.319 e. The van der Waals surface area contributed by atoms with Crippen molar-refractivity contribution in [3.63, 3.8) is 0 Å². The number of rotatable bonds is 4. The van der Waals surface area contributed by atoms with Gasteiger partial charge in [0, 0.05) is 21.6 Å². The first-order valence-electron chi connectivity index (χ1n) is 7.49. The standard InChI is InChI=1S/C18H19BrN2O/c1-13(20-17(22)21-16-5-3-2-4-6-16)18(11-12-18)14-7-9-15(19)10-8-14/h2-10,13H,11-12H2,1H3,(H2,20,21,22). The lowest BCUT2D eigenvalue weighted by atomic mass is 9.89. The summed E-state index contributed by atoms with van der Waals surface area (Å²) in [4.78, 5) is 12.2. The number of carbonyl (C=O) groups is 1. The third kappa shape index (κ3) is 3.17. The molecule has 114 valence electrons. The highest BCUT2D eigenvalue weighted by Gasteiger charge is 2.49. The van der Waals surface area contributed by atoms with Gasteiger partial charge in [-0.1, -0.05) is 46.3 Å². The van der Waals surface area contributed by atoms with Crippen LogP contribution in [0.2, 0.25) is 0 Å². The van der Waals surface area contributed by atoms with Crippen LogP contribution in [-0.2, 0) is 5.41 Å². The lowest BCUT2D eigenvalue weighted by Crippen LogP contribution is -2.43. The summed E-state index contributed by atoms with van der Waals surface area (Å²) >= 11 is 3.47.